The van der Waals surface area contributed by atoms with E-state index in [9.17, 15) is 9.90 Å². The Kier molecular flexibility index (Phi) is 4.44. The van der Waals surface area contributed by atoms with Crippen molar-refractivity contribution in [3.05, 3.63) is 30.4 Å². The summed E-state index contributed by atoms with van der Waals surface area (Å²) in [6, 6.07) is 5.39. The van der Waals surface area contributed by atoms with Gasteiger partial charge in [0.1, 0.15) is 12.4 Å². The first-order valence-corrected chi connectivity index (χ1v) is 6.30. The van der Waals surface area contributed by atoms with Gasteiger partial charge in [0.25, 0.3) is 0 Å². The van der Waals surface area contributed by atoms with E-state index < -0.39 is 12.2 Å². The summed E-state index contributed by atoms with van der Waals surface area (Å²) in [5, 5.41) is 12.5. The number of fused-ring (bicyclic) bond motifs is 1. The number of carbonyl (C=O) groups excluding carboxylic acids is 1. The highest BCUT2D eigenvalue weighted by atomic mass is 16.5. The van der Waals surface area contributed by atoms with Crippen LogP contribution >= 0.6 is 0 Å². The van der Waals surface area contributed by atoms with Crippen molar-refractivity contribution >= 4 is 23.0 Å². The molecule has 0 aliphatic carbocycles. The van der Waals surface area contributed by atoms with Gasteiger partial charge in [-0.15, -0.1) is 0 Å². The lowest BCUT2D eigenvalue weighted by molar-refractivity contribution is -0.141. The number of hydrogen-bond donors (Lipinski definition) is 3. The molecule has 2 aromatic rings. The molecule has 7 nitrogen and oxygen atoms in total. The molecule has 0 saturated carbocycles. The van der Waals surface area contributed by atoms with Crippen LogP contribution in [0.2, 0.25) is 0 Å². The van der Waals surface area contributed by atoms with E-state index in [-0.39, 0.29) is 12.2 Å². The first-order valence-electron chi connectivity index (χ1n) is 6.30. The van der Waals surface area contributed by atoms with Crippen LogP contribution in [0.3, 0.4) is 0 Å². The molecule has 7 heteroatoms. The second-order valence-electron chi connectivity index (χ2n) is 4.51. The number of anilines is 1. The smallest absolute Gasteiger partial charge is 0.333 e. The van der Waals surface area contributed by atoms with Crippen LogP contribution in [-0.2, 0) is 9.53 Å². The monoisotopic (exact) mass is 291 g/mol. The molecule has 21 heavy (non-hydrogen) atoms. The maximum absolute atomic E-state index is 11.2. The van der Waals surface area contributed by atoms with Crippen LogP contribution in [0, 0.1) is 0 Å². The summed E-state index contributed by atoms with van der Waals surface area (Å²) in [7, 11) is 1.58. The number of imidazole rings is 1. The fourth-order valence-corrected chi connectivity index (χ4v) is 1.66. The zero-order valence-electron chi connectivity index (χ0n) is 11.8. The van der Waals surface area contributed by atoms with Gasteiger partial charge < -0.3 is 24.9 Å². The molecule has 2 rings (SSSR count). The largest absolute Gasteiger partial charge is 0.497 e. The molecule has 0 bridgehead atoms. The molecular formula is C14H17N3O4. The number of ether oxygens (including phenoxy) is 2. The molecule has 1 aromatic heterocycles. The fraction of sp³-hybridized carbons (Fsp3) is 0.286. The topological polar surface area (TPSA) is 96.5 Å². The number of rotatable bonds is 6. The van der Waals surface area contributed by atoms with E-state index in [0.29, 0.717) is 17.2 Å². The molecule has 3 N–H and O–H groups in total. The van der Waals surface area contributed by atoms with Gasteiger partial charge in [0, 0.05) is 11.6 Å². The lowest BCUT2D eigenvalue weighted by Crippen LogP contribution is -2.27. The van der Waals surface area contributed by atoms with Crippen LogP contribution in [0.15, 0.2) is 30.4 Å². The van der Waals surface area contributed by atoms with Crippen molar-refractivity contribution in [1.29, 1.82) is 0 Å². The maximum Gasteiger partial charge on any atom is 0.333 e. The highest BCUT2D eigenvalue weighted by Crippen LogP contribution is 2.20. The van der Waals surface area contributed by atoms with Crippen LogP contribution in [0.4, 0.5) is 5.95 Å². The van der Waals surface area contributed by atoms with Gasteiger partial charge in [0.2, 0.25) is 5.95 Å². The van der Waals surface area contributed by atoms with Crippen molar-refractivity contribution in [1.82, 2.24) is 9.97 Å². The summed E-state index contributed by atoms with van der Waals surface area (Å²) >= 11 is 0. The van der Waals surface area contributed by atoms with Crippen LogP contribution in [0.5, 0.6) is 5.75 Å². The summed E-state index contributed by atoms with van der Waals surface area (Å²) in [5.74, 6) is 0.513. The Morgan fingerprint density at radius 2 is 2.33 bits per heavy atom. The molecular weight excluding hydrogens is 274 g/mol. The molecule has 0 aliphatic rings. The fourth-order valence-electron chi connectivity index (χ4n) is 1.66. The maximum atomic E-state index is 11.2. The van der Waals surface area contributed by atoms with Crippen LogP contribution in [0.1, 0.15) is 6.92 Å². The molecule has 0 aliphatic heterocycles. The Morgan fingerprint density at radius 1 is 1.57 bits per heavy atom. The standard InChI is InChI=1S/C14H17N3O4/c1-8(2)13(19)21-7-12(18)17-14-15-10-5-4-9(20-3)6-11(10)16-14/h4-6,12,18H,1,7H2,2-3H3,(H2,15,16,17). The number of aliphatic hydroxyl groups is 1. The number of carbonyl (C=O) groups is 1. The first-order chi connectivity index (χ1) is 9.99. The molecule has 0 amide bonds. The number of aromatic nitrogens is 2. The van der Waals surface area contributed by atoms with Gasteiger partial charge in [-0.05, 0) is 19.1 Å². The lowest BCUT2D eigenvalue weighted by Gasteiger charge is -2.12. The zero-order chi connectivity index (χ0) is 15.4. The normalized spacial score (nSPS) is 12.0. The molecule has 1 unspecified atom stereocenters. The Bertz CT molecular complexity index is 665. The highest BCUT2D eigenvalue weighted by Gasteiger charge is 2.11. The van der Waals surface area contributed by atoms with E-state index in [4.69, 9.17) is 9.47 Å². The van der Waals surface area contributed by atoms with Crippen molar-refractivity contribution < 1.29 is 19.4 Å². The van der Waals surface area contributed by atoms with Gasteiger partial charge >= 0.3 is 5.97 Å². The third-order valence-electron chi connectivity index (χ3n) is 2.71. The minimum atomic E-state index is -1.07. The number of benzene rings is 1. The number of methoxy groups -OCH3 is 1. The number of aromatic amines is 1. The van der Waals surface area contributed by atoms with E-state index >= 15 is 0 Å². The van der Waals surface area contributed by atoms with Gasteiger partial charge in [-0.1, -0.05) is 6.58 Å². The van der Waals surface area contributed by atoms with Crippen LogP contribution in [0.25, 0.3) is 11.0 Å². The molecule has 1 aromatic carbocycles. The molecule has 1 heterocycles. The Morgan fingerprint density at radius 3 is 3.00 bits per heavy atom. The van der Waals surface area contributed by atoms with Crippen molar-refractivity contribution in [2.75, 3.05) is 19.0 Å². The van der Waals surface area contributed by atoms with Crippen LogP contribution < -0.4 is 10.1 Å². The van der Waals surface area contributed by atoms with E-state index in [0.717, 1.165) is 5.52 Å². The number of aliphatic hydroxyl groups excluding tert-OH is 1. The van der Waals surface area contributed by atoms with E-state index in [1.165, 1.54) is 6.92 Å². The second kappa shape index (κ2) is 6.27. The third kappa shape index (κ3) is 3.73. The van der Waals surface area contributed by atoms with Crippen molar-refractivity contribution in [3.8, 4) is 5.75 Å². The SMILES string of the molecule is C=C(C)C(=O)OCC(O)Nc1nc2cc(OC)ccc2[nH]1. The predicted octanol–water partition coefficient (Wildman–Crippen LogP) is 1.42. The summed E-state index contributed by atoms with van der Waals surface area (Å²) in [6.07, 6.45) is -1.07. The van der Waals surface area contributed by atoms with Gasteiger partial charge in [0.15, 0.2) is 6.23 Å². The van der Waals surface area contributed by atoms with Gasteiger partial charge in [-0.25, -0.2) is 9.78 Å². The zero-order valence-corrected chi connectivity index (χ0v) is 11.8. The van der Waals surface area contributed by atoms with E-state index in [1.54, 1.807) is 19.2 Å². The first kappa shape index (κ1) is 14.9. The molecule has 0 radical (unpaired) electrons. The molecule has 0 saturated heterocycles. The quantitative estimate of drug-likeness (QED) is 0.423. The molecule has 112 valence electrons. The minimum absolute atomic E-state index is 0.202. The summed E-state index contributed by atoms with van der Waals surface area (Å²) in [4.78, 5) is 18.5. The minimum Gasteiger partial charge on any atom is -0.497 e. The third-order valence-corrected chi connectivity index (χ3v) is 2.71. The average molecular weight is 291 g/mol. The molecule has 1 atom stereocenters. The van der Waals surface area contributed by atoms with Gasteiger partial charge in [0.05, 0.1) is 18.1 Å². The average Bonchev–Trinajstić information content (AvgIpc) is 2.85. The highest BCUT2D eigenvalue weighted by molar-refractivity contribution is 5.86. The number of esters is 1. The molecule has 0 fully saturated rings. The summed E-state index contributed by atoms with van der Waals surface area (Å²) in [6.45, 7) is 4.79. The van der Waals surface area contributed by atoms with Crippen LogP contribution in [-0.4, -0.2) is 41.0 Å². The van der Waals surface area contributed by atoms with E-state index in [1.807, 2.05) is 6.07 Å². The van der Waals surface area contributed by atoms with Crippen molar-refractivity contribution in [2.24, 2.45) is 0 Å². The van der Waals surface area contributed by atoms with E-state index in [2.05, 4.69) is 21.9 Å². The number of hydrogen-bond acceptors (Lipinski definition) is 6. The van der Waals surface area contributed by atoms with Crippen molar-refractivity contribution in [2.45, 2.75) is 13.2 Å². The lowest BCUT2D eigenvalue weighted by atomic mass is 10.3. The Balaban J connectivity index is 1.99. The number of nitrogens with zero attached hydrogens (tertiary/aromatic N) is 1. The Hall–Kier alpha value is -2.54. The second-order valence-corrected chi connectivity index (χ2v) is 4.51. The summed E-state index contributed by atoms with van der Waals surface area (Å²) in [5.41, 5.74) is 1.77. The predicted molar refractivity (Wildman–Crippen MR) is 78.0 cm³/mol. The Labute approximate surface area is 121 Å². The number of nitrogens with one attached hydrogen (secondary N) is 2. The van der Waals surface area contributed by atoms with Crippen molar-refractivity contribution in [3.63, 3.8) is 0 Å². The van der Waals surface area contributed by atoms with Gasteiger partial charge in [-0.3, -0.25) is 0 Å². The van der Waals surface area contributed by atoms with Gasteiger partial charge in [-0.2, -0.15) is 0 Å². The molecule has 0 spiro atoms. The summed E-state index contributed by atoms with van der Waals surface area (Å²) < 4.78 is 9.95. The number of H-pyrrole nitrogens is 1.